The number of ether oxygens (including phenoxy) is 1. The summed E-state index contributed by atoms with van der Waals surface area (Å²) in [4.78, 5) is 0. The molecule has 2 N–H and O–H groups in total. The van der Waals surface area contributed by atoms with E-state index in [1.807, 2.05) is 0 Å². The molecule has 3 aliphatic rings. The fourth-order valence-electron chi connectivity index (χ4n) is 1.57. The Kier molecular flexibility index (Phi) is 0.866. The Morgan fingerprint density at radius 1 is 1.38 bits per heavy atom. The quantitative estimate of drug-likeness (QED) is 0.491. The van der Waals surface area contributed by atoms with Gasteiger partial charge in [0.25, 0.3) is 0 Å². The Labute approximate surface area is 49.0 Å². The van der Waals surface area contributed by atoms with Crippen molar-refractivity contribution in [3.05, 3.63) is 0 Å². The third-order valence-electron chi connectivity index (χ3n) is 2.26. The van der Waals surface area contributed by atoms with Crippen LogP contribution in [0, 0.1) is 11.8 Å². The summed E-state index contributed by atoms with van der Waals surface area (Å²) in [6.07, 6.45) is 2.71. The number of hydrogen-bond donors (Lipinski definition) is 1. The highest BCUT2D eigenvalue weighted by Crippen LogP contribution is 2.40. The average molecular weight is 113 g/mol. The van der Waals surface area contributed by atoms with Crippen molar-refractivity contribution < 1.29 is 4.74 Å². The summed E-state index contributed by atoms with van der Waals surface area (Å²) in [7, 11) is 0. The average Bonchev–Trinajstić information content (AvgIpc) is 1.62. The molecule has 0 spiro atoms. The normalized spacial score (nSPS) is 52.9. The fraction of sp³-hybridized carbons (Fsp3) is 1.00. The zero-order valence-electron chi connectivity index (χ0n) is 4.84. The smallest absolute Gasteiger partial charge is 0.108 e. The van der Waals surface area contributed by atoms with Crippen LogP contribution in [0.5, 0.6) is 0 Å². The molecular formula is C6H11NO. The maximum atomic E-state index is 5.59. The maximum Gasteiger partial charge on any atom is 0.108 e. The molecule has 0 amide bonds. The molecule has 2 bridgehead atoms. The summed E-state index contributed by atoms with van der Waals surface area (Å²) in [5.41, 5.74) is 5.59. The number of fused-ring (bicyclic) bond motifs is 2. The number of rotatable bonds is 0. The molecule has 2 nitrogen and oxygen atoms in total. The van der Waals surface area contributed by atoms with E-state index >= 15 is 0 Å². The van der Waals surface area contributed by atoms with Crippen LogP contribution in [0.25, 0.3) is 0 Å². The van der Waals surface area contributed by atoms with Gasteiger partial charge >= 0.3 is 0 Å². The Balaban J connectivity index is 2.01. The molecule has 3 fully saturated rings. The molecule has 2 heteroatoms. The van der Waals surface area contributed by atoms with Crippen LogP contribution in [0.4, 0.5) is 0 Å². The highest BCUT2D eigenvalue weighted by Gasteiger charge is 2.38. The van der Waals surface area contributed by atoms with Gasteiger partial charge in [-0.15, -0.1) is 0 Å². The van der Waals surface area contributed by atoms with Gasteiger partial charge in [0.05, 0.1) is 6.61 Å². The van der Waals surface area contributed by atoms with E-state index in [4.69, 9.17) is 10.5 Å². The van der Waals surface area contributed by atoms with Crippen LogP contribution in [0.3, 0.4) is 0 Å². The summed E-state index contributed by atoms with van der Waals surface area (Å²) >= 11 is 0. The Morgan fingerprint density at radius 3 is 2.38 bits per heavy atom. The zero-order chi connectivity index (χ0) is 5.56. The Morgan fingerprint density at radius 2 is 2.12 bits per heavy atom. The van der Waals surface area contributed by atoms with E-state index in [9.17, 15) is 0 Å². The van der Waals surface area contributed by atoms with Gasteiger partial charge in [0, 0.05) is 0 Å². The molecule has 1 atom stereocenters. The van der Waals surface area contributed by atoms with Crippen LogP contribution >= 0.6 is 0 Å². The molecule has 46 valence electrons. The van der Waals surface area contributed by atoms with Crippen molar-refractivity contribution in [1.29, 1.82) is 0 Å². The SMILES string of the molecule is NC1OCC2CC1C2. The molecule has 0 radical (unpaired) electrons. The molecule has 1 aliphatic carbocycles. The monoisotopic (exact) mass is 113 g/mol. The van der Waals surface area contributed by atoms with E-state index in [0.717, 1.165) is 12.5 Å². The summed E-state index contributed by atoms with van der Waals surface area (Å²) in [5.74, 6) is 1.56. The molecule has 0 aromatic rings. The second kappa shape index (κ2) is 1.45. The topological polar surface area (TPSA) is 35.2 Å². The highest BCUT2D eigenvalue weighted by atomic mass is 16.5. The Hall–Kier alpha value is -0.0800. The predicted octanol–water partition coefficient (Wildman–Crippen LogP) is 0.328. The fourth-order valence-corrected chi connectivity index (χ4v) is 1.57. The Bertz CT molecular complexity index is 93.2. The summed E-state index contributed by atoms with van der Waals surface area (Å²) < 4.78 is 5.22. The highest BCUT2D eigenvalue weighted by molar-refractivity contribution is 4.86. The third kappa shape index (κ3) is 0.501. The standard InChI is InChI=1S/C6H11NO/c7-6-5-1-4(2-5)3-8-6/h4-6H,1-3,7H2. The number of nitrogens with two attached hydrogens (primary N) is 1. The second-order valence-electron chi connectivity index (χ2n) is 2.90. The van der Waals surface area contributed by atoms with Gasteiger partial charge in [-0.1, -0.05) is 0 Å². The van der Waals surface area contributed by atoms with Crippen molar-refractivity contribution in [3.63, 3.8) is 0 Å². The van der Waals surface area contributed by atoms with Crippen LogP contribution < -0.4 is 5.73 Å². The first kappa shape index (κ1) is 4.77. The molecule has 3 rings (SSSR count). The molecule has 2 saturated heterocycles. The van der Waals surface area contributed by atoms with Crippen molar-refractivity contribution in [2.75, 3.05) is 6.61 Å². The predicted molar refractivity (Wildman–Crippen MR) is 30.1 cm³/mol. The molecule has 0 aromatic carbocycles. The molecule has 0 aromatic heterocycles. The van der Waals surface area contributed by atoms with Gasteiger partial charge in [0.15, 0.2) is 0 Å². The van der Waals surface area contributed by atoms with Gasteiger partial charge < -0.3 is 10.5 Å². The maximum absolute atomic E-state index is 5.59. The number of hydrogen-bond acceptors (Lipinski definition) is 2. The van der Waals surface area contributed by atoms with E-state index in [1.165, 1.54) is 12.8 Å². The van der Waals surface area contributed by atoms with Crippen LogP contribution in [0.1, 0.15) is 12.8 Å². The minimum absolute atomic E-state index is 0.0694. The van der Waals surface area contributed by atoms with Crippen molar-refractivity contribution in [1.82, 2.24) is 0 Å². The summed E-state index contributed by atoms with van der Waals surface area (Å²) in [5, 5.41) is 0. The van der Waals surface area contributed by atoms with Crippen LogP contribution in [0.15, 0.2) is 0 Å². The van der Waals surface area contributed by atoms with Gasteiger partial charge in [0.2, 0.25) is 0 Å². The zero-order valence-corrected chi connectivity index (χ0v) is 4.84. The summed E-state index contributed by atoms with van der Waals surface area (Å²) in [6.45, 7) is 0.914. The first-order valence-electron chi connectivity index (χ1n) is 3.23. The van der Waals surface area contributed by atoms with Gasteiger partial charge in [-0.3, -0.25) is 0 Å². The molecule has 2 aliphatic heterocycles. The van der Waals surface area contributed by atoms with Crippen molar-refractivity contribution in [3.8, 4) is 0 Å². The van der Waals surface area contributed by atoms with E-state index in [2.05, 4.69) is 0 Å². The first-order valence-corrected chi connectivity index (χ1v) is 3.23. The third-order valence-corrected chi connectivity index (χ3v) is 2.26. The molecule has 8 heavy (non-hydrogen) atoms. The van der Waals surface area contributed by atoms with Gasteiger partial charge in [0.1, 0.15) is 6.23 Å². The van der Waals surface area contributed by atoms with Gasteiger partial charge in [-0.05, 0) is 24.7 Å². The van der Waals surface area contributed by atoms with Gasteiger partial charge in [-0.2, -0.15) is 0 Å². The molecule has 2 heterocycles. The summed E-state index contributed by atoms with van der Waals surface area (Å²) in [6, 6.07) is 0. The van der Waals surface area contributed by atoms with E-state index < -0.39 is 0 Å². The minimum Gasteiger partial charge on any atom is -0.363 e. The lowest BCUT2D eigenvalue weighted by Gasteiger charge is -2.44. The van der Waals surface area contributed by atoms with Crippen LogP contribution in [0.2, 0.25) is 0 Å². The van der Waals surface area contributed by atoms with Crippen molar-refractivity contribution >= 4 is 0 Å². The molecule has 1 saturated carbocycles. The molecule has 1 unspecified atom stereocenters. The van der Waals surface area contributed by atoms with Gasteiger partial charge in [-0.25, -0.2) is 0 Å². The van der Waals surface area contributed by atoms with E-state index in [0.29, 0.717) is 5.92 Å². The van der Waals surface area contributed by atoms with Crippen LogP contribution in [-0.4, -0.2) is 12.8 Å². The molecular weight excluding hydrogens is 102 g/mol. The second-order valence-corrected chi connectivity index (χ2v) is 2.90. The first-order chi connectivity index (χ1) is 3.86. The lowest BCUT2D eigenvalue weighted by atomic mass is 9.72. The van der Waals surface area contributed by atoms with Crippen molar-refractivity contribution in [2.24, 2.45) is 17.6 Å². The van der Waals surface area contributed by atoms with E-state index in [-0.39, 0.29) is 6.23 Å². The van der Waals surface area contributed by atoms with Crippen molar-refractivity contribution in [2.45, 2.75) is 19.1 Å². The minimum atomic E-state index is 0.0694. The lowest BCUT2D eigenvalue weighted by Crippen LogP contribution is -2.48. The lowest BCUT2D eigenvalue weighted by molar-refractivity contribution is -0.119. The van der Waals surface area contributed by atoms with Crippen LogP contribution in [-0.2, 0) is 4.74 Å². The largest absolute Gasteiger partial charge is 0.363 e. The van der Waals surface area contributed by atoms with E-state index in [1.54, 1.807) is 0 Å².